The molecule has 1 aliphatic rings. The molecule has 144 valence electrons. The fourth-order valence-electron chi connectivity index (χ4n) is 3.38. The van der Waals surface area contributed by atoms with Gasteiger partial charge in [-0.25, -0.2) is 0 Å². The van der Waals surface area contributed by atoms with Crippen molar-refractivity contribution < 1.29 is 9.53 Å². The summed E-state index contributed by atoms with van der Waals surface area (Å²) in [4.78, 5) is 16.8. The van der Waals surface area contributed by atoms with E-state index in [0.717, 1.165) is 41.5 Å². The maximum atomic E-state index is 12.8. The highest BCUT2D eigenvalue weighted by Gasteiger charge is 2.27. The molecule has 0 spiro atoms. The molecular weight excluding hydrogens is 362 g/mol. The summed E-state index contributed by atoms with van der Waals surface area (Å²) < 4.78 is 5.18. The van der Waals surface area contributed by atoms with E-state index < -0.39 is 0 Å². The average molecular weight is 388 g/mol. The van der Waals surface area contributed by atoms with Gasteiger partial charge in [0, 0.05) is 44.3 Å². The maximum Gasteiger partial charge on any atom is 0.236 e. The summed E-state index contributed by atoms with van der Waals surface area (Å²) in [6, 6.07) is 15.8. The van der Waals surface area contributed by atoms with Gasteiger partial charge in [0.1, 0.15) is 5.75 Å². The number of nitrogens with one attached hydrogen (secondary N) is 1. The number of nitrogens with zero attached hydrogens (tertiary/aromatic N) is 2. The first kappa shape index (κ1) is 19.7. The van der Waals surface area contributed by atoms with Gasteiger partial charge in [0.2, 0.25) is 5.91 Å². The molecule has 0 bridgehead atoms. The van der Waals surface area contributed by atoms with E-state index in [1.54, 1.807) is 12.0 Å². The van der Waals surface area contributed by atoms with Crippen molar-refractivity contribution in [1.29, 1.82) is 0 Å². The summed E-state index contributed by atoms with van der Waals surface area (Å²) in [6.45, 7) is 3.43. The van der Waals surface area contributed by atoms with Gasteiger partial charge in [-0.3, -0.25) is 9.69 Å². The van der Waals surface area contributed by atoms with Crippen LogP contribution in [0.3, 0.4) is 0 Å². The number of piperazine rings is 1. The standard InChI is InChI=1S/C21H26ClN3O2/c1-24(14-16-7-9-17(27-2)10-8-16)21(26)15-25-12-11-23-13-20(25)18-5-3-4-6-19(18)22/h3-10,20,23H,11-15H2,1-2H3. The minimum absolute atomic E-state index is 0.102. The zero-order valence-corrected chi connectivity index (χ0v) is 16.6. The quantitative estimate of drug-likeness (QED) is 0.827. The Kier molecular flexibility index (Phi) is 6.72. The summed E-state index contributed by atoms with van der Waals surface area (Å²) in [5.74, 6) is 0.917. The molecule has 3 rings (SSSR count). The van der Waals surface area contributed by atoms with Gasteiger partial charge in [-0.15, -0.1) is 0 Å². The van der Waals surface area contributed by atoms with Crippen LogP contribution in [-0.4, -0.2) is 56.0 Å². The minimum Gasteiger partial charge on any atom is -0.497 e. The minimum atomic E-state index is 0.102. The van der Waals surface area contributed by atoms with Crippen LogP contribution in [0.4, 0.5) is 0 Å². The van der Waals surface area contributed by atoms with Gasteiger partial charge in [-0.05, 0) is 29.3 Å². The molecule has 0 saturated carbocycles. The van der Waals surface area contributed by atoms with Crippen LogP contribution in [0.1, 0.15) is 17.2 Å². The van der Waals surface area contributed by atoms with Crippen LogP contribution in [0.2, 0.25) is 5.02 Å². The van der Waals surface area contributed by atoms with Gasteiger partial charge in [-0.1, -0.05) is 41.9 Å². The number of methoxy groups -OCH3 is 1. The second kappa shape index (κ2) is 9.22. The molecule has 6 heteroatoms. The number of carbonyl (C=O) groups is 1. The Balaban J connectivity index is 1.64. The number of ether oxygens (including phenoxy) is 1. The van der Waals surface area contributed by atoms with Crippen molar-refractivity contribution in [1.82, 2.24) is 15.1 Å². The van der Waals surface area contributed by atoms with Crippen LogP contribution >= 0.6 is 11.6 Å². The van der Waals surface area contributed by atoms with E-state index in [4.69, 9.17) is 16.3 Å². The van der Waals surface area contributed by atoms with Crippen molar-refractivity contribution in [2.75, 3.05) is 40.3 Å². The maximum absolute atomic E-state index is 12.8. The van der Waals surface area contributed by atoms with Crippen molar-refractivity contribution >= 4 is 17.5 Å². The molecule has 27 heavy (non-hydrogen) atoms. The van der Waals surface area contributed by atoms with Gasteiger partial charge in [0.05, 0.1) is 13.7 Å². The lowest BCUT2D eigenvalue weighted by Gasteiger charge is -2.37. The van der Waals surface area contributed by atoms with Gasteiger partial charge in [-0.2, -0.15) is 0 Å². The van der Waals surface area contributed by atoms with Crippen LogP contribution in [0.5, 0.6) is 5.75 Å². The zero-order valence-electron chi connectivity index (χ0n) is 15.8. The third kappa shape index (κ3) is 5.01. The normalized spacial score (nSPS) is 17.5. The summed E-state index contributed by atoms with van der Waals surface area (Å²) in [6.07, 6.45) is 0. The molecule has 1 saturated heterocycles. The predicted molar refractivity (Wildman–Crippen MR) is 108 cm³/mol. The highest BCUT2D eigenvalue weighted by Crippen LogP contribution is 2.28. The number of hydrogen-bond acceptors (Lipinski definition) is 4. The molecule has 0 radical (unpaired) electrons. The molecule has 1 aliphatic heterocycles. The molecule has 0 aromatic heterocycles. The van der Waals surface area contributed by atoms with Crippen molar-refractivity contribution in [2.24, 2.45) is 0 Å². The zero-order chi connectivity index (χ0) is 19.2. The first-order valence-electron chi connectivity index (χ1n) is 9.14. The van der Waals surface area contributed by atoms with E-state index in [0.29, 0.717) is 13.1 Å². The lowest BCUT2D eigenvalue weighted by Crippen LogP contribution is -2.49. The van der Waals surface area contributed by atoms with Crippen LogP contribution in [0, 0.1) is 0 Å². The summed E-state index contributed by atoms with van der Waals surface area (Å²) in [5, 5.41) is 4.15. The van der Waals surface area contributed by atoms with Crippen LogP contribution in [-0.2, 0) is 11.3 Å². The summed E-state index contributed by atoms with van der Waals surface area (Å²) in [5.41, 5.74) is 2.14. The topological polar surface area (TPSA) is 44.8 Å². The van der Waals surface area contributed by atoms with Crippen molar-refractivity contribution in [2.45, 2.75) is 12.6 Å². The summed E-state index contributed by atoms with van der Waals surface area (Å²) >= 11 is 6.39. The van der Waals surface area contributed by atoms with Gasteiger partial charge < -0.3 is 15.0 Å². The lowest BCUT2D eigenvalue weighted by molar-refractivity contribution is -0.132. The number of likely N-dealkylation sites (N-methyl/N-ethyl adjacent to an activating group) is 1. The monoisotopic (exact) mass is 387 g/mol. The Labute approximate surface area is 165 Å². The van der Waals surface area contributed by atoms with E-state index in [2.05, 4.69) is 10.2 Å². The smallest absolute Gasteiger partial charge is 0.236 e. The lowest BCUT2D eigenvalue weighted by atomic mass is 10.0. The highest BCUT2D eigenvalue weighted by atomic mass is 35.5. The van der Waals surface area contributed by atoms with Crippen LogP contribution in [0.25, 0.3) is 0 Å². The molecule has 2 aromatic rings. The average Bonchev–Trinajstić information content (AvgIpc) is 2.69. The first-order valence-corrected chi connectivity index (χ1v) is 9.52. The predicted octanol–water partition coefficient (Wildman–Crippen LogP) is 2.95. The Morgan fingerprint density at radius 3 is 2.70 bits per heavy atom. The second-order valence-corrected chi connectivity index (χ2v) is 7.22. The van der Waals surface area contributed by atoms with Crippen molar-refractivity contribution in [3.63, 3.8) is 0 Å². The van der Waals surface area contributed by atoms with Gasteiger partial charge in [0.25, 0.3) is 0 Å². The Hall–Kier alpha value is -2.08. The molecule has 5 nitrogen and oxygen atoms in total. The largest absolute Gasteiger partial charge is 0.497 e. The molecule has 1 amide bonds. The molecule has 1 unspecified atom stereocenters. The van der Waals surface area contributed by atoms with E-state index in [9.17, 15) is 4.79 Å². The van der Waals surface area contributed by atoms with E-state index >= 15 is 0 Å². The summed E-state index contributed by atoms with van der Waals surface area (Å²) in [7, 11) is 3.49. The van der Waals surface area contributed by atoms with E-state index in [-0.39, 0.29) is 11.9 Å². The number of rotatable bonds is 6. The number of amides is 1. The third-order valence-electron chi connectivity index (χ3n) is 4.96. The number of hydrogen-bond donors (Lipinski definition) is 1. The molecular formula is C21H26ClN3O2. The molecule has 0 aliphatic carbocycles. The number of benzene rings is 2. The first-order chi connectivity index (χ1) is 13.1. The Morgan fingerprint density at radius 2 is 2.00 bits per heavy atom. The van der Waals surface area contributed by atoms with Gasteiger partial charge >= 0.3 is 0 Å². The molecule has 1 heterocycles. The van der Waals surface area contributed by atoms with E-state index in [1.165, 1.54) is 0 Å². The van der Waals surface area contributed by atoms with E-state index in [1.807, 2.05) is 55.6 Å². The van der Waals surface area contributed by atoms with Crippen LogP contribution in [0.15, 0.2) is 48.5 Å². The van der Waals surface area contributed by atoms with Crippen molar-refractivity contribution in [3.8, 4) is 5.75 Å². The van der Waals surface area contributed by atoms with Gasteiger partial charge in [0.15, 0.2) is 0 Å². The number of halogens is 1. The van der Waals surface area contributed by atoms with Crippen molar-refractivity contribution in [3.05, 3.63) is 64.7 Å². The van der Waals surface area contributed by atoms with Crippen LogP contribution < -0.4 is 10.1 Å². The second-order valence-electron chi connectivity index (χ2n) is 6.81. The molecule has 2 aromatic carbocycles. The molecule has 1 fully saturated rings. The Morgan fingerprint density at radius 1 is 1.26 bits per heavy atom. The molecule has 1 N–H and O–H groups in total. The number of carbonyl (C=O) groups excluding carboxylic acids is 1. The SMILES string of the molecule is COc1ccc(CN(C)C(=O)CN2CCNCC2c2ccccc2Cl)cc1. The fourth-order valence-corrected chi connectivity index (χ4v) is 3.64. The third-order valence-corrected chi connectivity index (χ3v) is 5.31. The Bertz CT molecular complexity index is 766. The fraction of sp³-hybridized carbons (Fsp3) is 0.381. The highest BCUT2D eigenvalue weighted by molar-refractivity contribution is 6.31. The molecule has 1 atom stereocenters.